The molecule has 10 heteroatoms. The number of halogens is 6. The van der Waals surface area contributed by atoms with Gasteiger partial charge in [-0.2, -0.15) is 13.2 Å². The van der Waals surface area contributed by atoms with E-state index < -0.39 is 17.6 Å². The fourth-order valence-electron chi connectivity index (χ4n) is 3.26. The van der Waals surface area contributed by atoms with Gasteiger partial charge in [0.15, 0.2) is 16.4 Å². The summed E-state index contributed by atoms with van der Waals surface area (Å²) in [7, 11) is 1.38. The first-order valence-electron chi connectivity index (χ1n) is 9.73. The number of alkyl halides is 3. The highest BCUT2D eigenvalue weighted by Gasteiger charge is 2.30. The van der Waals surface area contributed by atoms with Gasteiger partial charge >= 0.3 is 6.18 Å². The van der Waals surface area contributed by atoms with E-state index >= 15 is 0 Å². The Kier molecular flexibility index (Phi) is 8.22. The van der Waals surface area contributed by atoms with Crippen LogP contribution >= 0.6 is 39.9 Å². The van der Waals surface area contributed by atoms with Crippen molar-refractivity contribution in [3.8, 4) is 17.0 Å². The van der Waals surface area contributed by atoms with Gasteiger partial charge < -0.3 is 9.30 Å². The highest BCUT2D eigenvalue weighted by Crippen LogP contribution is 2.32. The third-order valence-corrected chi connectivity index (χ3v) is 6.01. The summed E-state index contributed by atoms with van der Waals surface area (Å²) >= 11 is 7.24. The van der Waals surface area contributed by atoms with Gasteiger partial charge in [0.1, 0.15) is 0 Å². The van der Waals surface area contributed by atoms with Crippen molar-refractivity contribution in [1.29, 1.82) is 0 Å². The second kappa shape index (κ2) is 10.8. The zero-order valence-electron chi connectivity index (χ0n) is 17.6. The molecule has 34 heavy (non-hydrogen) atoms. The molecule has 0 spiro atoms. The molecule has 0 aliphatic carbocycles. The van der Waals surface area contributed by atoms with Crippen LogP contribution in [0, 0.1) is 5.82 Å². The van der Waals surface area contributed by atoms with Gasteiger partial charge in [0.25, 0.3) is 0 Å². The number of hydrogen-bond donors (Lipinski definition) is 0. The number of aromatic nitrogens is 1. The average Bonchev–Trinajstić information content (AvgIpc) is 3.17. The Hall–Kier alpha value is -2.62. The normalized spacial score (nSPS) is 11.9. The number of ether oxygens (including phenoxy) is 1. The van der Waals surface area contributed by atoms with Gasteiger partial charge in [-0.05, 0) is 54.1 Å². The number of nitrogens with zero attached hydrogens (tertiary/aromatic N) is 2. The Balaban J connectivity index is 0.00000324. The molecule has 0 fully saturated rings. The third-order valence-electron chi connectivity index (χ3n) is 4.90. The first-order chi connectivity index (χ1) is 15.7. The molecule has 0 bridgehead atoms. The molecule has 0 N–H and O–H groups in total. The molecule has 1 heterocycles. The van der Waals surface area contributed by atoms with Crippen molar-refractivity contribution in [2.75, 3.05) is 7.11 Å². The summed E-state index contributed by atoms with van der Waals surface area (Å²) in [6, 6.07) is 16.6. The van der Waals surface area contributed by atoms with E-state index in [1.54, 1.807) is 23.6 Å². The van der Waals surface area contributed by atoms with Crippen LogP contribution in [0.1, 0.15) is 11.1 Å². The molecule has 0 amide bonds. The summed E-state index contributed by atoms with van der Waals surface area (Å²) < 4.78 is 60.6. The maximum absolute atomic E-state index is 14.4. The second-order valence-corrected chi connectivity index (χ2v) is 8.40. The van der Waals surface area contributed by atoms with E-state index in [0.29, 0.717) is 27.6 Å². The molecule has 0 saturated carbocycles. The van der Waals surface area contributed by atoms with Gasteiger partial charge in [0, 0.05) is 16.0 Å². The van der Waals surface area contributed by atoms with Gasteiger partial charge in [0.05, 0.1) is 30.6 Å². The summed E-state index contributed by atoms with van der Waals surface area (Å²) in [4.78, 5) is 4.94. The summed E-state index contributed by atoms with van der Waals surface area (Å²) in [5.41, 5.74) is 1.55. The predicted molar refractivity (Wildman–Crippen MR) is 132 cm³/mol. The maximum atomic E-state index is 14.4. The van der Waals surface area contributed by atoms with E-state index in [1.807, 2.05) is 16.7 Å². The minimum absolute atomic E-state index is 0. The Bertz CT molecular complexity index is 1350. The Morgan fingerprint density at radius 2 is 1.76 bits per heavy atom. The van der Waals surface area contributed by atoms with Crippen LogP contribution in [0.5, 0.6) is 5.75 Å². The van der Waals surface area contributed by atoms with E-state index in [2.05, 4.69) is 4.99 Å². The molecule has 0 unspecified atom stereocenters. The van der Waals surface area contributed by atoms with Gasteiger partial charge in [-0.15, -0.1) is 28.3 Å². The first-order valence-corrected chi connectivity index (χ1v) is 11.0. The van der Waals surface area contributed by atoms with Crippen LogP contribution in [0.3, 0.4) is 0 Å². The molecule has 0 aliphatic rings. The maximum Gasteiger partial charge on any atom is 0.416 e. The lowest BCUT2D eigenvalue weighted by molar-refractivity contribution is -0.137. The van der Waals surface area contributed by atoms with Crippen molar-refractivity contribution in [2.45, 2.75) is 12.7 Å². The van der Waals surface area contributed by atoms with E-state index in [1.165, 1.54) is 42.7 Å². The Morgan fingerprint density at radius 3 is 2.41 bits per heavy atom. The van der Waals surface area contributed by atoms with Crippen LogP contribution in [-0.2, 0) is 12.7 Å². The van der Waals surface area contributed by atoms with E-state index in [4.69, 9.17) is 16.3 Å². The summed E-state index contributed by atoms with van der Waals surface area (Å²) in [5, 5.41) is 2.38. The van der Waals surface area contributed by atoms with E-state index in [0.717, 1.165) is 17.7 Å². The van der Waals surface area contributed by atoms with E-state index in [-0.39, 0.29) is 28.4 Å². The molecule has 178 valence electrons. The highest BCUT2D eigenvalue weighted by molar-refractivity contribution is 8.93. The minimum atomic E-state index is -4.47. The topological polar surface area (TPSA) is 26.5 Å². The zero-order valence-corrected chi connectivity index (χ0v) is 20.9. The third kappa shape index (κ3) is 5.89. The summed E-state index contributed by atoms with van der Waals surface area (Å²) in [5.74, 6) is -0.400. The van der Waals surface area contributed by atoms with E-state index in [9.17, 15) is 17.6 Å². The molecule has 4 aromatic rings. The monoisotopic (exact) mass is 572 g/mol. The van der Waals surface area contributed by atoms with Crippen molar-refractivity contribution in [3.63, 3.8) is 0 Å². The van der Waals surface area contributed by atoms with Crippen molar-refractivity contribution < 1.29 is 22.3 Å². The number of rotatable bonds is 5. The fourth-order valence-corrected chi connectivity index (χ4v) is 4.32. The molecule has 0 atom stereocenters. The number of benzene rings is 3. The SMILES string of the molecule is Br.COc1ccc(-c2csc(=Nc3cccc(C(F)(F)F)c3)n2Cc2ccc(Cl)cc2)cc1F. The van der Waals surface area contributed by atoms with Crippen LogP contribution < -0.4 is 9.54 Å². The lowest BCUT2D eigenvalue weighted by Crippen LogP contribution is -2.16. The van der Waals surface area contributed by atoms with Crippen LogP contribution in [-0.4, -0.2) is 11.7 Å². The molecular formula is C24H18BrClF4N2OS. The molecule has 3 aromatic carbocycles. The summed E-state index contributed by atoms with van der Waals surface area (Å²) in [6.45, 7) is 0.363. The van der Waals surface area contributed by atoms with Crippen LogP contribution in [0.2, 0.25) is 5.02 Å². The smallest absolute Gasteiger partial charge is 0.416 e. The molecular weight excluding hydrogens is 556 g/mol. The Labute approximate surface area is 212 Å². The zero-order chi connectivity index (χ0) is 23.6. The lowest BCUT2D eigenvalue weighted by atomic mass is 10.1. The molecule has 1 aromatic heterocycles. The van der Waals surface area contributed by atoms with Crippen molar-refractivity contribution >= 4 is 45.6 Å². The second-order valence-electron chi connectivity index (χ2n) is 7.13. The minimum Gasteiger partial charge on any atom is -0.494 e. The van der Waals surface area contributed by atoms with Gasteiger partial charge in [-0.3, -0.25) is 0 Å². The number of thiazole rings is 1. The molecule has 0 radical (unpaired) electrons. The van der Waals surface area contributed by atoms with Crippen LogP contribution in [0.25, 0.3) is 11.3 Å². The van der Waals surface area contributed by atoms with Crippen LogP contribution in [0.15, 0.2) is 77.1 Å². The number of hydrogen-bond acceptors (Lipinski definition) is 3. The van der Waals surface area contributed by atoms with Crippen molar-refractivity contribution in [1.82, 2.24) is 4.57 Å². The standard InChI is InChI=1S/C24H17ClF4N2OS.BrH/c1-32-22-10-7-16(11-20(22)26)21-14-33-23(31(21)13-15-5-8-18(25)9-6-15)30-19-4-2-3-17(12-19)24(27,28)29;/h2-12,14H,13H2,1H3;1H. The number of methoxy groups -OCH3 is 1. The van der Waals surface area contributed by atoms with Gasteiger partial charge in [0.2, 0.25) is 0 Å². The molecule has 0 saturated heterocycles. The lowest BCUT2D eigenvalue weighted by Gasteiger charge is -2.11. The van der Waals surface area contributed by atoms with Crippen LogP contribution in [0.4, 0.5) is 23.2 Å². The van der Waals surface area contributed by atoms with Gasteiger partial charge in [-0.25, -0.2) is 9.38 Å². The van der Waals surface area contributed by atoms with Crippen molar-refractivity contribution in [2.24, 2.45) is 4.99 Å². The highest BCUT2D eigenvalue weighted by atomic mass is 79.9. The average molecular weight is 574 g/mol. The van der Waals surface area contributed by atoms with Gasteiger partial charge in [-0.1, -0.05) is 29.8 Å². The quantitative estimate of drug-likeness (QED) is 0.223. The molecule has 4 rings (SSSR count). The largest absolute Gasteiger partial charge is 0.494 e. The molecule has 3 nitrogen and oxygen atoms in total. The van der Waals surface area contributed by atoms with Crippen molar-refractivity contribution in [3.05, 3.63) is 98.9 Å². The predicted octanol–water partition coefficient (Wildman–Crippen LogP) is 7.90. The first kappa shape index (κ1) is 26.0. The molecule has 0 aliphatic heterocycles. The Morgan fingerprint density at radius 1 is 1.03 bits per heavy atom. The summed E-state index contributed by atoms with van der Waals surface area (Å²) in [6.07, 6.45) is -4.47. The fraction of sp³-hybridized carbons (Fsp3) is 0.125.